The zero-order valence-electron chi connectivity index (χ0n) is 11.5. The Labute approximate surface area is 120 Å². The predicted octanol–water partition coefficient (Wildman–Crippen LogP) is 2.88. The highest BCUT2D eigenvalue weighted by atomic mass is 16.1. The first-order chi connectivity index (χ1) is 10.3. The van der Waals surface area contributed by atoms with Gasteiger partial charge in [-0.05, 0) is 24.3 Å². The van der Waals surface area contributed by atoms with E-state index in [1.807, 2.05) is 54.6 Å². The molecule has 0 bridgehead atoms. The van der Waals surface area contributed by atoms with Crippen LogP contribution < -0.4 is 5.69 Å². The normalized spacial score (nSPS) is 11.3. The molecule has 0 unspecified atom stereocenters. The molecule has 2 aromatic carbocycles. The standard InChI is InChI=1S/C17H13N3O/c1-19-15-8-4-5-9-16(15)20(17(19)21)14-10-11-18-13-7-3-2-6-12(13)14/h2-11H,1H3. The van der Waals surface area contributed by atoms with Crippen LogP contribution >= 0.6 is 0 Å². The molecule has 0 aliphatic rings. The molecule has 0 fully saturated rings. The summed E-state index contributed by atoms with van der Waals surface area (Å²) in [5.74, 6) is 0. The summed E-state index contributed by atoms with van der Waals surface area (Å²) in [5.41, 5.74) is 3.52. The minimum absolute atomic E-state index is 0.0486. The molecule has 0 N–H and O–H groups in total. The number of rotatable bonds is 1. The highest BCUT2D eigenvalue weighted by Crippen LogP contribution is 2.23. The molecule has 0 saturated heterocycles. The van der Waals surface area contributed by atoms with E-state index >= 15 is 0 Å². The number of nitrogens with zero attached hydrogens (tertiary/aromatic N) is 3. The Morgan fingerprint density at radius 3 is 2.48 bits per heavy atom. The SMILES string of the molecule is Cn1c(=O)n(-c2ccnc3ccccc23)c2ccccc21. The Morgan fingerprint density at radius 2 is 1.62 bits per heavy atom. The highest BCUT2D eigenvalue weighted by Gasteiger charge is 2.13. The summed E-state index contributed by atoms with van der Waals surface area (Å²) < 4.78 is 3.42. The maximum atomic E-state index is 12.6. The van der Waals surface area contributed by atoms with Gasteiger partial charge in [0.2, 0.25) is 0 Å². The molecule has 4 rings (SSSR count). The van der Waals surface area contributed by atoms with Gasteiger partial charge in [0, 0.05) is 18.6 Å². The van der Waals surface area contributed by atoms with Gasteiger partial charge in [-0.3, -0.25) is 14.1 Å². The van der Waals surface area contributed by atoms with Crippen molar-refractivity contribution in [2.45, 2.75) is 0 Å². The number of hydrogen-bond donors (Lipinski definition) is 0. The first-order valence-electron chi connectivity index (χ1n) is 6.78. The van der Waals surface area contributed by atoms with E-state index < -0.39 is 0 Å². The third kappa shape index (κ3) is 1.62. The Balaban J connectivity index is 2.20. The van der Waals surface area contributed by atoms with Crippen LogP contribution in [0.3, 0.4) is 0 Å². The van der Waals surface area contributed by atoms with Crippen LogP contribution in [0, 0.1) is 0 Å². The number of aryl methyl sites for hydroxylation is 1. The fraction of sp³-hybridized carbons (Fsp3) is 0.0588. The van der Waals surface area contributed by atoms with Crippen molar-refractivity contribution in [2.24, 2.45) is 7.05 Å². The van der Waals surface area contributed by atoms with E-state index in [0.717, 1.165) is 27.6 Å². The maximum Gasteiger partial charge on any atom is 0.333 e. The van der Waals surface area contributed by atoms with Crippen molar-refractivity contribution in [2.75, 3.05) is 0 Å². The van der Waals surface area contributed by atoms with Gasteiger partial charge in [-0.25, -0.2) is 4.79 Å². The lowest BCUT2D eigenvalue weighted by Crippen LogP contribution is -2.21. The van der Waals surface area contributed by atoms with Gasteiger partial charge < -0.3 is 0 Å². The number of hydrogen-bond acceptors (Lipinski definition) is 2. The van der Waals surface area contributed by atoms with Gasteiger partial charge in [0.15, 0.2) is 0 Å². The smallest absolute Gasteiger partial charge is 0.295 e. The van der Waals surface area contributed by atoms with Crippen molar-refractivity contribution >= 4 is 21.9 Å². The largest absolute Gasteiger partial charge is 0.333 e. The molecule has 0 atom stereocenters. The van der Waals surface area contributed by atoms with Gasteiger partial charge in [0.1, 0.15) is 0 Å². The van der Waals surface area contributed by atoms with Crippen molar-refractivity contribution in [1.29, 1.82) is 0 Å². The Morgan fingerprint density at radius 1 is 0.905 bits per heavy atom. The van der Waals surface area contributed by atoms with Crippen LogP contribution in [0.4, 0.5) is 0 Å². The summed E-state index contributed by atoms with van der Waals surface area (Å²) in [4.78, 5) is 17.0. The fourth-order valence-electron chi connectivity index (χ4n) is 2.80. The van der Waals surface area contributed by atoms with Gasteiger partial charge in [-0.2, -0.15) is 0 Å². The van der Waals surface area contributed by atoms with Crippen molar-refractivity contribution < 1.29 is 0 Å². The van der Waals surface area contributed by atoms with E-state index in [9.17, 15) is 4.79 Å². The summed E-state index contributed by atoms with van der Waals surface area (Å²) >= 11 is 0. The van der Waals surface area contributed by atoms with Crippen molar-refractivity contribution in [1.82, 2.24) is 14.1 Å². The first kappa shape index (κ1) is 11.9. The van der Waals surface area contributed by atoms with E-state index in [-0.39, 0.29) is 5.69 Å². The molecule has 4 aromatic rings. The van der Waals surface area contributed by atoms with Crippen LogP contribution in [0.5, 0.6) is 0 Å². The van der Waals surface area contributed by atoms with Crippen molar-refractivity contribution in [3.63, 3.8) is 0 Å². The summed E-state index contributed by atoms with van der Waals surface area (Å²) in [6.45, 7) is 0. The minimum Gasteiger partial charge on any atom is -0.295 e. The Kier molecular flexibility index (Phi) is 2.44. The van der Waals surface area contributed by atoms with E-state index in [2.05, 4.69) is 4.98 Å². The van der Waals surface area contributed by atoms with Crippen LogP contribution in [0.1, 0.15) is 0 Å². The van der Waals surface area contributed by atoms with E-state index in [4.69, 9.17) is 0 Å². The molecular weight excluding hydrogens is 262 g/mol. The van der Waals surface area contributed by atoms with Gasteiger partial charge in [0.25, 0.3) is 0 Å². The number of aromatic nitrogens is 3. The molecule has 102 valence electrons. The molecule has 0 radical (unpaired) electrons. The summed E-state index contributed by atoms with van der Waals surface area (Å²) in [7, 11) is 1.80. The van der Waals surface area contributed by atoms with Crippen molar-refractivity contribution in [3.8, 4) is 5.69 Å². The molecule has 0 spiro atoms. The summed E-state index contributed by atoms with van der Waals surface area (Å²) in [5, 5.41) is 0.971. The average Bonchev–Trinajstić information content (AvgIpc) is 2.79. The van der Waals surface area contributed by atoms with Gasteiger partial charge in [-0.1, -0.05) is 30.3 Å². The predicted molar refractivity (Wildman–Crippen MR) is 83.8 cm³/mol. The van der Waals surface area contributed by atoms with E-state index in [1.165, 1.54) is 0 Å². The van der Waals surface area contributed by atoms with Crippen LogP contribution in [0.15, 0.2) is 65.6 Å². The number of fused-ring (bicyclic) bond motifs is 2. The second kappa shape index (κ2) is 4.31. The zero-order valence-corrected chi connectivity index (χ0v) is 11.5. The molecule has 2 aromatic heterocycles. The van der Waals surface area contributed by atoms with Crippen LogP contribution in [0.25, 0.3) is 27.6 Å². The molecular formula is C17H13N3O. The van der Waals surface area contributed by atoms with Crippen LogP contribution in [0.2, 0.25) is 0 Å². The van der Waals surface area contributed by atoms with Crippen LogP contribution in [-0.2, 0) is 7.05 Å². The molecule has 4 nitrogen and oxygen atoms in total. The fourth-order valence-corrected chi connectivity index (χ4v) is 2.80. The van der Waals surface area contributed by atoms with E-state index in [0.29, 0.717) is 0 Å². The molecule has 21 heavy (non-hydrogen) atoms. The highest BCUT2D eigenvalue weighted by molar-refractivity contribution is 5.89. The average molecular weight is 275 g/mol. The lowest BCUT2D eigenvalue weighted by atomic mass is 10.2. The van der Waals surface area contributed by atoms with Gasteiger partial charge >= 0.3 is 5.69 Å². The maximum absolute atomic E-state index is 12.6. The molecule has 0 aliphatic carbocycles. The Bertz CT molecular complexity index is 1020. The topological polar surface area (TPSA) is 39.8 Å². The first-order valence-corrected chi connectivity index (χ1v) is 6.78. The van der Waals surface area contributed by atoms with Crippen LogP contribution in [-0.4, -0.2) is 14.1 Å². The Hall–Kier alpha value is -2.88. The second-order valence-corrected chi connectivity index (χ2v) is 5.01. The molecule has 4 heteroatoms. The third-order valence-corrected chi connectivity index (χ3v) is 3.83. The van der Waals surface area contributed by atoms with Crippen molar-refractivity contribution in [3.05, 3.63) is 71.3 Å². The molecule has 0 aliphatic heterocycles. The number of benzene rings is 2. The minimum atomic E-state index is -0.0486. The lowest BCUT2D eigenvalue weighted by molar-refractivity contribution is 0.848. The monoisotopic (exact) mass is 275 g/mol. The number of pyridine rings is 1. The number of imidazole rings is 1. The number of para-hydroxylation sites is 3. The van der Waals surface area contributed by atoms with Gasteiger partial charge in [0.05, 0.1) is 22.2 Å². The van der Waals surface area contributed by atoms with E-state index in [1.54, 1.807) is 22.4 Å². The summed E-state index contributed by atoms with van der Waals surface area (Å²) in [6.07, 6.45) is 1.74. The lowest BCUT2D eigenvalue weighted by Gasteiger charge is -2.07. The summed E-state index contributed by atoms with van der Waals surface area (Å²) in [6, 6.07) is 17.5. The quantitative estimate of drug-likeness (QED) is 0.536. The van der Waals surface area contributed by atoms with Gasteiger partial charge in [-0.15, -0.1) is 0 Å². The third-order valence-electron chi connectivity index (χ3n) is 3.83. The molecule has 0 amide bonds. The molecule has 0 saturated carbocycles. The zero-order chi connectivity index (χ0) is 14.4. The second-order valence-electron chi connectivity index (χ2n) is 5.01. The molecule has 2 heterocycles.